The van der Waals surface area contributed by atoms with Crippen molar-refractivity contribution in [2.45, 2.75) is 0 Å². The van der Waals surface area contributed by atoms with E-state index >= 15 is 0 Å². The van der Waals surface area contributed by atoms with Gasteiger partial charge in [-0.3, -0.25) is 0 Å². The molecule has 1 aromatic rings. The van der Waals surface area contributed by atoms with Gasteiger partial charge in [0.1, 0.15) is 0 Å². The molecular weight excluding hydrogens is 347 g/mol. The number of aromatic nitrogens is 1. The topological polar surface area (TPSA) is 140 Å². The minimum absolute atomic E-state index is 0.115. The number of nitrogens with two attached hydrogens (primary N) is 3. The molecule has 1 heterocycles. The zero-order valence-electron chi connectivity index (χ0n) is 9.23. The summed E-state index contributed by atoms with van der Waals surface area (Å²) in [7, 11) is 0. The van der Waals surface area contributed by atoms with E-state index in [9.17, 15) is 0 Å². The maximum Gasteiger partial charge on any atom is 0.211 e. The molecular formula is C9H11IN8. The molecule has 6 N–H and O–H groups in total. The van der Waals surface area contributed by atoms with Crippen molar-refractivity contribution in [1.29, 1.82) is 0 Å². The molecule has 8 nitrogen and oxygen atoms in total. The number of amidine groups is 1. The van der Waals surface area contributed by atoms with Crippen molar-refractivity contribution in [3.05, 3.63) is 29.6 Å². The molecule has 0 aliphatic carbocycles. The van der Waals surface area contributed by atoms with Crippen LogP contribution in [0.15, 0.2) is 38.6 Å². The summed E-state index contributed by atoms with van der Waals surface area (Å²) in [6.07, 6.45) is 2.90. The Labute approximate surface area is 117 Å². The summed E-state index contributed by atoms with van der Waals surface area (Å²) >= 11 is 1.85. The number of guanidine groups is 1. The van der Waals surface area contributed by atoms with E-state index in [4.69, 9.17) is 17.2 Å². The Morgan fingerprint density at radius 3 is 2.11 bits per heavy atom. The van der Waals surface area contributed by atoms with Crippen LogP contribution in [0.3, 0.4) is 0 Å². The maximum absolute atomic E-state index is 5.32. The van der Waals surface area contributed by atoms with Crippen LogP contribution in [0.25, 0.3) is 0 Å². The zero-order chi connectivity index (χ0) is 13.4. The molecule has 0 spiro atoms. The van der Waals surface area contributed by atoms with E-state index in [1.807, 2.05) is 22.6 Å². The van der Waals surface area contributed by atoms with Gasteiger partial charge in [-0.05, 0) is 12.1 Å². The number of hydrogen-bond donors (Lipinski definition) is 3. The molecule has 0 fully saturated rings. The van der Waals surface area contributed by atoms with Crippen LogP contribution in [-0.4, -0.2) is 27.2 Å². The van der Waals surface area contributed by atoms with Gasteiger partial charge >= 0.3 is 0 Å². The molecule has 1 rings (SSSR count). The highest BCUT2D eigenvalue weighted by atomic mass is 127. The molecule has 0 atom stereocenters. The van der Waals surface area contributed by atoms with Crippen LogP contribution in [0.1, 0.15) is 11.4 Å². The number of hydrogen-bond acceptors (Lipinski definition) is 5. The van der Waals surface area contributed by atoms with Gasteiger partial charge in [-0.25, -0.2) is 4.98 Å². The zero-order valence-corrected chi connectivity index (χ0v) is 11.4. The first-order chi connectivity index (χ1) is 8.58. The van der Waals surface area contributed by atoms with Gasteiger partial charge in [-0.1, -0.05) is 6.07 Å². The molecule has 0 amide bonds. The predicted octanol–water partition coefficient (Wildman–Crippen LogP) is -0.228. The molecule has 0 radical (unpaired) electrons. The SMILES string of the molecule is NC(N)=N/N=C/c1cccc(/C=N/N=C(\N)I)n1. The molecule has 0 aliphatic rings. The Bertz CT molecular complexity index is 468. The highest BCUT2D eigenvalue weighted by Gasteiger charge is 1.92. The molecule has 1 aromatic heterocycles. The lowest BCUT2D eigenvalue weighted by molar-refractivity contribution is 1.19. The predicted molar refractivity (Wildman–Crippen MR) is 80.9 cm³/mol. The van der Waals surface area contributed by atoms with Crippen molar-refractivity contribution in [3.63, 3.8) is 0 Å². The Kier molecular flexibility index (Phi) is 5.70. The van der Waals surface area contributed by atoms with Crippen molar-refractivity contribution < 1.29 is 0 Å². The van der Waals surface area contributed by atoms with E-state index < -0.39 is 0 Å². The van der Waals surface area contributed by atoms with Gasteiger partial charge in [-0.15, -0.1) is 10.2 Å². The summed E-state index contributed by atoms with van der Waals surface area (Å²) in [6, 6.07) is 5.31. The van der Waals surface area contributed by atoms with Crippen LogP contribution in [0.4, 0.5) is 0 Å². The van der Waals surface area contributed by atoms with Gasteiger partial charge in [-0.2, -0.15) is 10.2 Å². The lowest BCUT2D eigenvalue weighted by atomic mass is 10.3. The fraction of sp³-hybridized carbons (Fsp3) is 0. The molecule has 0 saturated heterocycles. The third-order valence-electron chi connectivity index (χ3n) is 1.50. The van der Waals surface area contributed by atoms with Gasteiger partial charge in [0.2, 0.25) is 5.96 Å². The largest absolute Gasteiger partial charge is 0.377 e. The second-order valence-corrected chi connectivity index (χ2v) is 4.03. The first-order valence-electron chi connectivity index (χ1n) is 4.69. The monoisotopic (exact) mass is 358 g/mol. The van der Waals surface area contributed by atoms with E-state index in [-0.39, 0.29) is 5.96 Å². The molecule has 94 valence electrons. The third kappa shape index (κ3) is 5.89. The van der Waals surface area contributed by atoms with Crippen LogP contribution in [-0.2, 0) is 0 Å². The smallest absolute Gasteiger partial charge is 0.211 e. The fourth-order valence-corrected chi connectivity index (χ4v) is 1.04. The second kappa shape index (κ2) is 7.32. The molecule has 0 saturated carbocycles. The number of nitrogens with zero attached hydrogens (tertiary/aromatic N) is 5. The Balaban J connectivity index is 2.80. The lowest BCUT2D eigenvalue weighted by Gasteiger charge is -1.93. The van der Waals surface area contributed by atoms with E-state index in [1.165, 1.54) is 12.4 Å². The molecule has 9 heteroatoms. The maximum atomic E-state index is 5.32. The third-order valence-corrected chi connectivity index (χ3v) is 1.71. The van der Waals surface area contributed by atoms with Crippen LogP contribution in [0.5, 0.6) is 0 Å². The van der Waals surface area contributed by atoms with Crippen molar-refractivity contribution in [2.75, 3.05) is 0 Å². The molecule has 0 unspecified atom stereocenters. The summed E-state index contributed by atoms with van der Waals surface area (Å²) in [5, 5.41) is 14.5. The summed E-state index contributed by atoms with van der Waals surface area (Å²) in [5.74, 6) is -0.115. The summed E-state index contributed by atoms with van der Waals surface area (Å²) in [5.41, 5.74) is 16.8. The van der Waals surface area contributed by atoms with Gasteiger partial charge in [0, 0.05) is 22.6 Å². The minimum Gasteiger partial charge on any atom is -0.377 e. The first-order valence-corrected chi connectivity index (χ1v) is 5.77. The van der Waals surface area contributed by atoms with Crippen LogP contribution in [0.2, 0.25) is 0 Å². The quantitative estimate of drug-likeness (QED) is 0.225. The summed E-state index contributed by atoms with van der Waals surface area (Å²) in [6.45, 7) is 0. The number of halogens is 1. The summed E-state index contributed by atoms with van der Waals surface area (Å²) in [4.78, 5) is 4.20. The summed E-state index contributed by atoms with van der Waals surface area (Å²) < 4.78 is 0.342. The van der Waals surface area contributed by atoms with E-state index in [2.05, 4.69) is 25.4 Å². The van der Waals surface area contributed by atoms with Crippen LogP contribution < -0.4 is 17.2 Å². The number of rotatable bonds is 4. The van der Waals surface area contributed by atoms with E-state index in [0.717, 1.165) is 0 Å². The Hall–Kier alpha value is -2.04. The fourth-order valence-electron chi connectivity index (χ4n) is 0.911. The van der Waals surface area contributed by atoms with Gasteiger partial charge in [0.25, 0.3) is 0 Å². The lowest BCUT2D eigenvalue weighted by Crippen LogP contribution is -2.21. The van der Waals surface area contributed by atoms with Crippen molar-refractivity contribution in [1.82, 2.24) is 4.98 Å². The first kappa shape index (κ1) is 14.0. The molecule has 0 aromatic carbocycles. The van der Waals surface area contributed by atoms with Crippen molar-refractivity contribution in [3.8, 4) is 0 Å². The van der Waals surface area contributed by atoms with Gasteiger partial charge in [0.05, 0.1) is 23.8 Å². The average Bonchev–Trinajstić information content (AvgIpc) is 2.28. The average molecular weight is 358 g/mol. The minimum atomic E-state index is -0.115. The highest BCUT2D eigenvalue weighted by molar-refractivity contribution is 14.1. The second-order valence-electron chi connectivity index (χ2n) is 2.92. The van der Waals surface area contributed by atoms with Crippen molar-refractivity contribution >= 4 is 44.8 Å². The Morgan fingerprint density at radius 1 is 1.06 bits per heavy atom. The number of pyridine rings is 1. The standard InChI is InChI=1S/C9H11IN8/c10-8(11)17-14-4-6-2-1-3-7(16-6)5-15-18-9(12)13/h1-5H,(H2,11,17)(H4,12,13,18)/b14-4+,15-5+. The van der Waals surface area contributed by atoms with Crippen LogP contribution >= 0.6 is 22.6 Å². The molecule has 0 aliphatic heterocycles. The van der Waals surface area contributed by atoms with Crippen molar-refractivity contribution in [2.24, 2.45) is 37.6 Å². The normalized spacial score (nSPS) is 12.2. The van der Waals surface area contributed by atoms with Crippen LogP contribution in [0, 0.1) is 0 Å². The van der Waals surface area contributed by atoms with E-state index in [0.29, 0.717) is 15.2 Å². The Morgan fingerprint density at radius 2 is 1.61 bits per heavy atom. The van der Waals surface area contributed by atoms with Gasteiger partial charge in [0.15, 0.2) is 3.84 Å². The molecule has 0 bridgehead atoms. The van der Waals surface area contributed by atoms with E-state index in [1.54, 1.807) is 18.2 Å². The highest BCUT2D eigenvalue weighted by Crippen LogP contribution is 1.95. The van der Waals surface area contributed by atoms with Gasteiger partial charge < -0.3 is 17.2 Å². The molecule has 18 heavy (non-hydrogen) atoms.